The SMILES string of the molecule is CCc1ccccc1OCC(=O)N1CCN(C(=O)COC)CC1. The molecule has 0 saturated carbocycles. The average molecular weight is 320 g/mol. The number of ether oxygens (including phenoxy) is 2. The summed E-state index contributed by atoms with van der Waals surface area (Å²) in [5.41, 5.74) is 1.09. The van der Waals surface area contributed by atoms with Crippen LogP contribution in [0.25, 0.3) is 0 Å². The van der Waals surface area contributed by atoms with Crippen LogP contribution in [-0.4, -0.2) is 68.1 Å². The molecule has 0 unspecified atom stereocenters. The van der Waals surface area contributed by atoms with E-state index in [9.17, 15) is 9.59 Å². The third-order valence-corrected chi connectivity index (χ3v) is 3.96. The number of amides is 2. The molecule has 0 spiro atoms. The molecule has 1 aromatic rings. The molecular weight excluding hydrogens is 296 g/mol. The summed E-state index contributed by atoms with van der Waals surface area (Å²) in [4.78, 5) is 27.4. The second kappa shape index (κ2) is 8.53. The van der Waals surface area contributed by atoms with Gasteiger partial charge in [-0.05, 0) is 18.1 Å². The molecule has 0 aromatic heterocycles. The lowest BCUT2D eigenvalue weighted by Crippen LogP contribution is -2.52. The van der Waals surface area contributed by atoms with Crippen LogP contribution >= 0.6 is 0 Å². The second-order valence-corrected chi connectivity index (χ2v) is 5.44. The molecular formula is C17H24N2O4. The van der Waals surface area contributed by atoms with Gasteiger partial charge in [0.2, 0.25) is 5.91 Å². The predicted octanol–water partition coefficient (Wildman–Crippen LogP) is 0.945. The van der Waals surface area contributed by atoms with E-state index in [-0.39, 0.29) is 25.0 Å². The molecule has 6 nitrogen and oxygen atoms in total. The quantitative estimate of drug-likeness (QED) is 0.783. The molecule has 1 heterocycles. The van der Waals surface area contributed by atoms with Crippen molar-refractivity contribution >= 4 is 11.8 Å². The van der Waals surface area contributed by atoms with Crippen LogP contribution in [0.1, 0.15) is 12.5 Å². The Labute approximate surface area is 137 Å². The van der Waals surface area contributed by atoms with Crippen LogP contribution < -0.4 is 4.74 Å². The standard InChI is InChI=1S/C17H24N2O4/c1-3-14-6-4-5-7-15(14)23-13-17(21)19-10-8-18(9-11-19)16(20)12-22-2/h4-7H,3,8-13H2,1-2H3. The zero-order valence-corrected chi connectivity index (χ0v) is 13.8. The van der Waals surface area contributed by atoms with E-state index in [1.165, 1.54) is 7.11 Å². The molecule has 1 aliphatic heterocycles. The Morgan fingerprint density at radius 3 is 2.13 bits per heavy atom. The number of nitrogens with zero attached hydrogens (tertiary/aromatic N) is 2. The van der Waals surface area contributed by atoms with Crippen LogP contribution in [-0.2, 0) is 20.7 Å². The Balaban J connectivity index is 1.80. The molecule has 1 aliphatic rings. The number of aryl methyl sites for hydroxylation is 1. The summed E-state index contributed by atoms with van der Waals surface area (Å²) in [6, 6.07) is 7.75. The number of benzene rings is 1. The second-order valence-electron chi connectivity index (χ2n) is 5.44. The topological polar surface area (TPSA) is 59.1 Å². The Morgan fingerprint density at radius 2 is 1.57 bits per heavy atom. The highest BCUT2D eigenvalue weighted by Crippen LogP contribution is 2.18. The molecule has 2 amide bonds. The van der Waals surface area contributed by atoms with E-state index in [1.807, 2.05) is 24.3 Å². The van der Waals surface area contributed by atoms with Crippen molar-refractivity contribution in [3.05, 3.63) is 29.8 Å². The Morgan fingerprint density at radius 1 is 1.00 bits per heavy atom. The maximum absolute atomic E-state index is 12.2. The van der Waals surface area contributed by atoms with Gasteiger partial charge in [0, 0.05) is 33.3 Å². The lowest BCUT2D eigenvalue weighted by molar-refractivity contribution is -0.142. The summed E-state index contributed by atoms with van der Waals surface area (Å²) < 4.78 is 10.5. The normalized spacial score (nSPS) is 14.7. The van der Waals surface area contributed by atoms with E-state index in [2.05, 4.69) is 6.92 Å². The van der Waals surface area contributed by atoms with Crippen molar-refractivity contribution < 1.29 is 19.1 Å². The van der Waals surface area contributed by atoms with E-state index < -0.39 is 0 Å². The first-order valence-electron chi connectivity index (χ1n) is 7.91. The number of carbonyl (C=O) groups is 2. The third kappa shape index (κ3) is 4.69. The van der Waals surface area contributed by atoms with Crippen molar-refractivity contribution in [1.29, 1.82) is 0 Å². The van der Waals surface area contributed by atoms with Gasteiger partial charge in [-0.15, -0.1) is 0 Å². The number of piperazine rings is 1. The monoisotopic (exact) mass is 320 g/mol. The zero-order chi connectivity index (χ0) is 16.7. The summed E-state index contributed by atoms with van der Waals surface area (Å²) in [7, 11) is 1.50. The largest absolute Gasteiger partial charge is 0.483 e. The van der Waals surface area contributed by atoms with Crippen molar-refractivity contribution in [3.63, 3.8) is 0 Å². The van der Waals surface area contributed by atoms with Gasteiger partial charge in [-0.3, -0.25) is 9.59 Å². The number of para-hydroxylation sites is 1. The maximum Gasteiger partial charge on any atom is 0.260 e. The zero-order valence-electron chi connectivity index (χ0n) is 13.8. The number of hydrogen-bond donors (Lipinski definition) is 0. The molecule has 23 heavy (non-hydrogen) atoms. The van der Waals surface area contributed by atoms with Crippen molar-refractivity contribution in [1.82, 2.24) is 9.80 Å². The first-order valence-corrected chi connectivity index (χ1v) is 7.91. The summed E-state index contributed by atoms with van der Waals surface area (Å²) in [6.07, 6.45) is 0.866. The van der Waals surface area contributed by atoms with E-state index in [4.69, 9.17) is 9.47 Å². The third-order valence-electron chi connectivity index (χ3n) is 3.96. The van der Waals surface area contributed by atoms with Gasteiger partial charge >= 0.3 is 0 Å². The molecule has 0 aliphatic carbocycles. The van der Waals surface area contributed by atoms with Crippen molar-refractivity contribution in [2.75, 3.05) is 46.5 Å². The van der Waals surface area contributed by atoms with Gasteiger partial charge in [-0.1, -0.05) is 25.1 Å². The summed E-state index contributed by atoms with van der Waals surface area (Å²) >= 11 is 0. The first-order chi connectivity index (χ1) is 11.2. The summed E-state index contributed by atoms with van der Waals surface area (Å²) in [5.74, 6) is 0.680. The van der Waals surface area contributed by atoms with E-state index in [1.54, 1.807) is 9.80 Å². The Bertz CT molecular complexity index is 539. The van der Waals surface area contributed by atoms with Crippen molar-refractivity contribution in [2.24, 2.45) is 0 Å². The summed E-state index contributed by atoms with van der Waals surface area (Å²) in [5, 5.41) is 0. The molecule has 0 radical (unpaired) electrons. The fraction of sp³-hybridized carbons (Fsp3) is 0.529. The minimum atomic E-state index is -0.0465. The average Bonchev–Trinajstić information content (AvgIpc) is 2.60. The number of rotatable bonds is 6. The lowest BCUT2D eigenvalue weighted by Gasteiger charge is -2.34. The molecule has 0 atom stereocenters. The van der Waals surface area contributed by atoms with Gasteiger partial charge in [0.1, 0.15) is 12.4 Å². The fourth-order valence-corrected chi connectivity index (χ4v) is 2.59. The minimum Gasteiger partial charge on any atom is -0.483 e. The number of carbonyl (C=O) groups excluding carboxylic acids is 2. The van der Waals surface area contributed by atoms with Gasteiger partial charge in [0.05, 0.1) is 0 Å². The highest BCUT2D eigenvalue weighted by atomic mass is 16.5. The minimum absolute atomic E-state index is 0.0308. The molecule has 1 saturated heterocycles. The fourth-order valence-electron chi connectivity index (χ4n) is 2.59. The van der Waals surface area contributed by atoms with Crippen LogP contribution in [0.2, 0.25) is 0 Å². The van der Waals surface area contributed by atoms with Crippen LogP contribution in [0.3, 0.4) is 0 Å². The Kier molecular flexibility index (Phi) is 6.40. The van der Waals surface area contributed by atoms with Gasteiger partial charge in [-0.25, -0.2) is 0 Å². The highest BCUT2D eigenvalue weighted by Gasteiger charge is 2.24. The molecule has 126 valence electrons. The maximum atomic E-state index is 12.2. The smallest absolute Gasteiger partial charge is 0.260 e. The highest BCUT2D eigenvalue weighted by molar-refractivity contribution is 5.80. The van der Waals surface area contributed by atoms with Gasteiger partial charge in [-0.2, -0.15) is 0 Å². The molecule has 0 N–H and O–H groups in total. The number of hydrogen-bond acceptors (Lipinski definition) is 4. The summed E-state index contributed by atoms with van der Waals surface area (Å²) in [6.45, 7) is 4.33. The van der Waals surface area contributed by atoms with E-state index in [0.717, 1.165) is 17.7 Å². The van der Waals surface area contributed by atoms with Gasteiger partial charge < -0.3 is 19.3 Å². The number of methoxy groups -OCH3 is 1. The van der Waals surface area contributed by atoms with Crippen LogP contribution in [0.5, 0.6) is 5.75 Å². The molecule has 2 rings (SSSR count). The van der Waals surface area contributed by atoms with Crippen LogP contribution in [0.15, 0.2) is 24.3 Å². The van der Waals surface area contributed by atoms with Crippen molar-refractivity contribution in [2.45, 2.75) is 13.3 Å². The molecule has 1 aromatic carbocycles. The molecule has 6 heteroatoms. The van der Waals surface area contributed by atoms with Gasteiger partial charge in [0.15, 0.2) is 6.61 Å². The molecule has 0 bridgehead atoms. The van der Waals surface area contributed by atoms with Crippen molar-refractivity contribution in [3.8, 4) is 5.75 Å². The van der Waals surface area contributed by atoms with Crippen LogP contribution in [0.4, 0.5) is 0 Å². The van der Waals surface area contributed by atoms with Crippen LogP contribution in [0, 0.1) is 0 Å². The predicted molar refractivity (Wildman–Crippen MR) is 86.4 cm³/mol. The first kappa shape index (κ1) is 17.3. The molecule has 1 fully saturated rings. The Hall–Kier alpha value is -2.08. The van der Waals surface area contributed by atoms with E-state index >= 15 is 0 Å². The lowest BCUT2D eigenvalue weighted by atomic mass is 10.1. The van der Waals surface area contributed by atoms with Gasteiger partial charge in [0.25, 0.3) is 5.91 Å². The van der Waals surface area contributed by atoms with E-state index in [0.29, 0.717) is 26.2 Å².